The van der Waals surface area contributed by atoms with Crippen LogP contribution in [0.15, 0.2) is 0 Å². The predicted molar refractivity (Wildman–Crippen MR) is 54.8 cm³/mol. The van der Waals surface area contributed by atoms with Crippen LogP contribution in [0.2, 0.25) is 0 Å². The van der Waals surface area contributed by atoms with Crippen LogP contribution in [0.3, 0.4) is 0 Å². The zero-order valence-electron chi connectivity index (χ0n) is 8.47. The Morgan fingerprint density at radius 1 is 1.27 bits per heavy atom. The SMILES string of the molecule is CC(C(=O)O)N(C)C(=O)CSCC(=O)O. The van der Waals surface area contributed by atoms with E-state index in [0.29, 0.717) is 0 Å². The van der Waals surface area contributed by atoms with Gasteiger partial charge >= 0.3 is 11.9 Å². The third-order valence-electron chi connectivity index (χ3n) is 1.78. The van der Waals surface area contributed by atoms with Gasteiger partial charge in [-0.15, -0.1) is 11.8 Å². The van der Waals surface area contributed by atoms with Crippen molar-refractivity contribution in [1.82, 2.24) is 4.90 Å². The Bertz CT molecular complexity index is 268. The molecule has 86 valence electrons. The fraction of sp³-hybridized carbons (Fsp3) is 0.625. The van der Waals surface area contributed by atoms with Gasteiger partial charge in [0.05, 0.1) is 11.5 Å². The minimum atomic E-state index is -1.09. The number of likely N-dealkylation sites (N-methyl/N-ethyl adjacent to an activating group) is 1. The maximum Gasteiger partial charge on any atom is 0.326 e. The summed E-state index contributed by atoms with van der Waals surface area (Å²) in [4.78, 5) is 33.1. The zero-order valence-corrected chi connectivity index (χ0v) is 9.28. The Morgan fingerprint density at radius 3 is 2.20 bits per heavy atom. The molecule has 0 bridgehead atoms. The highest BCUT2D eigenvalue weighted by molar-refractivity contribution is 8.00. The molecule has 0 fully saturated rings. The van der Waals surface area contributed by atoms with Gasteiger partial charge in [-0.05, 0) is 6.92 Å². The molecular weight excluding hydrogens is 222 g/mol. The topological polar surface area (TPSA) is 94.9 Å². The molecule has 0 aromatic rings. The molecule has 0 aromatic heterocycles. The molecule has 0 aliphatic carbocycles. The van der Waals surface area contributed by atoms with Gasteiger partial charge in [-0.2, -0.15) is 0 Å². The minimum Gasteiger partial charge on any atom is -0.481 e. The summed E-state index contributed by atoms with van der Waals surface area (Å²) in [5.41, 5.74) is 0. The normalized spacial score (nSPS) is 11.9. The summed E-state index contributed by atoms with van der Waals surface area (Å²) in [6.07, 6.45) is 0. The first-order valence-corrected chi connectivity index (χ1v) is 5.29. The molecule has 6 nitrogen and oxygen atoms in total. The summed E-state index contributed by atoms with van der Waals surface area (Å²) in [6.45, 7) is 1.39. The van der Waals surface area contributed by atoms with Crippen molar-refractivity contribution in [2.75, 3.05) is 18.6 Å². The zero-order chi connectivity index (χ0) is 12.0. The maximum atomic E-state index is 11.3. The van der Waals surface area contributed by atoms with E-state index in [1.807, 2.05) is 0 Å². The summed E-state index contributed by atoms with van der Waals surface area (Å²) < 4.78 is 0. The number of hydrogen-bond donors (Lipinski definition) is 2. The standard InChI is InChI=1S/C8H13NO5S/c1-5(8(13)14)9(2)6(10)3-15-4-7(11)12/h5H,3-4H2,1-2H3,(H,11,12)(H,13,14). The monoisotopic (exact) mass is 235 g/mol. The van der Waals surface area contributed by atoms with Gasteiger partial charge in [0.2, 0.25) is 5.91 Å². The summed E-state index contributed by atoms with van der Waals surface area (Å²) >= 11 is 0.943. The fourth-order valence-electron chi connectivity index (χ4n) is 0.709. The van der Waals surface area contributed by atoms with E-state index < -0.39 is 23.9 Å². The fourth-order valence-corrected chi connectivity index (χ4v) is 1.36. The Morgan fingerprint density at radius 2 is 1.80 bits per heavy atom. The van der Waals surface area contributed by atoms with Crippen molar-refractivity contribution < 1.29 is 24.6 Å². The summed E-state index contributed by atoms with van der Waals surface area (Å²) in [7, 11) is 1.38. The van der Waals surface area contributed by atoms with E-state index >= 15 is 0 Å². The van der Waals surface area contributed by atoms with Crippen molar-refractivity contribution in [2.45, 2.75) is 13.0 Å². The molecule has 15 heavy (non-hydrogen) atoms. The van der Waals surface area contributed by atoms with Crippen LogP contribution in [-0.4, -0.2) is 57.6 Å². The van der Waals surface area contributed by atoms with Gasteiger partial charge in [-0.25, -0.2) is 4.79 Å². The second-order valence-electron chi connectivity index (χ2n) is 2.91. The third kappa shape index (κ3) is 5.26. The van der Waals surface area contributed by atoms with Crippen molar-refractivity contribution in [1.29, 1.82) is 0 Å². The Balaban J connectivity index is 3.99. The number of carboxylic acids is 2. The molecule has 1 amide bonds. The van der Waals surface area contributed by atoms with Crippen LogP contribution in [0, 0.1) is 0 Å². The lowest BCUT2D eigenvalue weighted by molar-refractivity contribution is -0.147. The van der Waals surface area contributed by atoms with E-state index in [4.69, 9.17) is 10.2 Å². The van der Waals surface area contributed by atoms with Crippen LogP contribution in [0.5, 0.6) is 0 Å². The van der Waals surface area contributed by atoms with Gasteiger partial charge in [0.15, 0.2) is 0 Å². The molecule has 0 heterocycles. The van der Waals surface area contributed by atoms with Crippen molar-refractivity contribution in [3.05, 3.63) is 0 Å². The van der Waals surface area contributed by atoms with Crippen LogP contribution in [0.25, 0.3) is 0 Å². The number of amides is 1. The highest BCUT2D eigenvalue weighted by atomic mass is 32.2. The van der Waals surface area contributed by atoms with E-state index in [2.05, 4.69) is 0 Å². The van der Waals surface area contributed by atoms with Crippen LogP contribution in [-0.2, 0) is 14.4 Å². The first-order valence-electron chi connectivity index (χ1n) is 4.14. The van der Waals surface area contributed by atoms with Gasteiger partial charge in [-0.1, -0.05) is 0 Å². The lowest BCUT2D eigenvalue weighted by atomic mass is 10.3. The second-order valence-corrected chi connectivity index (χ2v) is 3.89. The first-order chi connectivity index (χ1) is 6.86. The number of thioether (sulfide) groups is 1. The average molecular weight is 235 g/mol. The lowest BCUT2D eigenvalue weighted by Crippen LogP contribution is -2.41. The molecule has 0 rings (SSSR count). The number of nitrogens with zero attached hydrogens (tertiary/aromatic N) is 1. The van der Waals surface area contributed by atoms with E-state index in [1.165, 1.54) is 14.0 Å². The van der Waals surface area contributed by atoms with E-state index in [0.717, 1.165) is 16.7 Å². The molecule has 2 N–H and O–H groups in total. The number of aliphatic carboxylic acids is 2. The van der Waals surface area contributed by atoms with Crippen molar-refractivity contribution in [3.63, 3.8) is 0 Å². The molecule has 0 spiro atoms. The van der Waals surface area contributed by atoms with Crippen LogP contribution >= 0.6 is 11.8 Å². The van der Waals surface area contributed by atoms with E-state index in [-0.39, 0.29) is 11.5 Å². The average Bonchev–Trinajstić information content (AvgIpc) is 2.14. The van der Waals surface area contributed by atoms with E-state index in [9.17, 15) is 14.4 Å². The summed E-state index contributed by atoms with van der Waals surface area (Å²) in [5, 5.41) is 16.9. The largest absolute Gasteiger partial charge is 0.481 e. The van der Waals surface area contributed by atoms with Gasteiger partial charge in [0.25, 0.3) is 0 Å². The molecule has 1 atom stereocenters. The van der Waals surface area contributed by atoms with Crippen LogP contribution < -0.4 is 0 Å². The Hall–Kier alpha value is -1.24. The molecular formula is C8H13NO5S. The van der Waals surface area contributed by atoms with Gasteiger partial charge in [0.1, 0.15) is 6.04 Å². The molecule has 0 radical (unpaired) electrons. The van der Waals surface area contributed by atoms with Crippen LogP contribution in [0.4, 0.5) is 0 Å². The first kappa shape index (κ1) is 13.8. The van der Waals surface area contributed by atoms with Crippen LogP contribution in [0.1, 0.15) is 6.92 Å². The number of carbonyl (C=O) groups is 3. The maximum absolute atomic E-state index is 11.3. The minimum absolute atomic E-state index is 0.0274. The van der Waals surface area contributed by atoms with Crippen molar-refractivity contribution in [2.24, 2.45) is 0 Å². The molecule has 0 aliphatic heterocycles. The summed E-state index contributed by atoms with van der Waals surface area (Å²) in [5.74, 6) is -2.67. The Labute approximate surface area is 91.2 Å². The molecule has 1 unspecified atom stereocenters. The molecule has 0 saturated carbocycles. The predicted octanol–water partition coefficient (Wildman–Crippen LogP) is -0.264. The molecule has 0 saturated heterocycles. The number of hydrogen-bond acceptors (Lipinski definition) is 4. The van der Waals surface area contributed by atoms with Crippen molar-refractivity contribution in [3.8, 4) is 0 Å². The molecule has 0 aromatic carbocycles. The smallest absolute Gasteiger partial charge is 0.326 e. The highest BCUT2D eigenvalue weighted by Gasteiger charge is 2.21. The van der Waals surface area contributed by atoms with Gasteiger partial charge in [0, 0.05) is 7.05 Å². The van der Waals surface area contributed by atoms with Gasteiger partial charge in [-0.3, -0.25) is 9.59 Å². The molecule has 7 heteroatoms. The van der Waals surface area contributed by atoms with Gasteiger partial charge < -0.3 is 15.1 Å². The third-order valence-corrected chi connectivity index (χ3v) is 2.68. The number of rotatable bonds is 6. The van der Waals surface area contributed by atoms with Crippen molar-refractivity contribution >= 4 is 29.6 Å². The number of carboxylic acid groups (broad SMARTS) is 2. The summed E-state index contributed by atoms with van der Waals surface area (Å²) in [6, 6.07) is -0.900. The highest BCUT2D eigenvalue weighted by Crippen LogP contribution is 2.04. The molecule has 0 aliphatic rings. The quantitative estimate of drug-likeness (QED) is 0.658. The van der Waals surface area contributed by atoms with E-state index in [1.54, 1.807) is 0 Å². The second kappa shape index (κ2) is 6.28. The number of carbonyl (C=O) groups excluding carboxylic acids is 1. The Kier molecular flexibility index (Phi) is 5.76. The lowest BCUT2D eigenvalue weighted by Gasteiger charge is -2.20.